The molecule has 24 heavy (non-hydrogen) atoms. The lowest BCUT2D eigenvalue weighted by Crippen LogP contribution is -2.14. The first-order valence-electron chi connectivity index (χ1n) is 8.21. The molecule has 0 N–H and O–H groups in total. The van der Waals surface area contributed by atoms with Crippen LogP contribution in [0.4, 0.5) is 0 Å². The molecule has 0 fully saturated rings. The molecule has 0 aromatic heterocycles. The second-order valence-electron chi connectivity index (χ2n) is 5.49. The first-order valence-corrected chi connectivity index (χ1v) is 8.21. The van der Waals surface area contributed by atoms with Gasteiger partial charge in [-0.2, -0.15) is 0 Å². The van der Waals surface area contributed by atoms with E-state index in [1.807, 2.05) is 62.4 Å². The third-order valence-corrected chi connectivity index (χ3v) is 3.68. The fourth-order valence-electron chi connectivity index (χ4n) is 2.53. The molecule has 0 radical (unpaired) electrons. The van der Waals surface area contributed by atoms with E-state index in [1.165, 1.54) is 0 Å². The Balaban J connectivity index is 2.22. The van der Waals surface area contributed by atoms with E-state index < -0.39 is 0 Å². The minimum absolute atomic E-state index is 0.150. The first-order chi connectivity index (χ1) is 11.6. The summed E-state index contributed by atoms with van der Waals surface area (Å²) in [5.74, 6) is 1.26. The van der Waals surface area contributed by atoms with E-state index in [1.54, 1.807) is 0 Å². The smallest absolute Gasteiger partial charge is 0.214 e. The maximum atomic E-state index is 11.1. The highest BCUT2D eigenvalue weighted by Crippen LogP contribution is 2.28. The van der Waals surface area contributed by atoms with Crippen LogP contribution in [-0.4, -0.2) is 24.7 Å². The van der Waals surface area contributed by atoms with Gasteiger partial charge >= 0.3 is 0 Å². The largest absolute Gasteiger partial charge is 0.494 e. The molecule has 2 aromatic carbocycles. The summed E-state index contributed by atoms with van der Waals surface area (Å²) in [5, 5.41) is 11.1. The van der Waals surface area contributed by atoms with E-state index in [4.69, 9.17) is 9.47 Å². The van der Waals surface area contributed by atoms with Gasteiger partial charge in [0.05, 0.1) is 19.1 Å². The molecule has 2 aromatic rings. The molecule has 0 saturated heterocycles. The van der Waals surface area contributed by atoms with Crippen molar-refractivity contribution in [2.24, 2.45) is 0 Å². The summed E-state index contributed by atoms with van der Waals surface area (Å²) in [6.07, 6.45) is 0.942. The molecule has 2 rings (SSSR count). The summed E-state index contributed by atoms with van der Waals surface area (Å²) in [6.45, 7) is 5.08. The Bertz CT molecular complexity index is 637. The van der Waals surface area contributed by atoms with E-state index in [0.29, 0.717) is 13.2 Å². The highest BCUT2D eigenvalue weighted by Gasteiger charge is 2.20. The number of hydrogen-bond donors (Lipinski definition) is 0. The quantitative estimate of drug-likeness (QED) is 0.509. The van der Waals surface area contributed by atoms with Crippen molar-refractivity contribution in [2.45, 2.75) is 26.2 Å². The van der Waals surface area contributed by atoms with Crippen LogP contribution in [0.2, 0.25) is 0 Å². The van der Waals surface area contributed by atoms with Gasteiger partial charge in [0.1, 0.15) is 11.5 Å². The van der Waals surface area contributed by atoms with E-state index >= 15 is 0 Å². The summed E-state index contributed by atoms with van der Waals surface area (Å²) in [4.78, 5) is 10.8. The normalized spacial score (nSPS) is 11.8. The molecule has 0 amide bonds. The van der Waals surface area contributed by atoms with E-state index in [9.17, 15) is 10.1 Å². The van der Waals surface area contributed by atoms with Crippen molar-refractivity contribution in [3.05, 3.63) is 69.8 Å². The van der Waals surface area contributed by atoms with Crippen LogP contribution in [0.1, 0.15) is 37.3 Å². The molecule has 1 atom stereocenters. The molecule has 0 aliphatic rings. The molecule has 0 bridgehead atoms. The Kier molecular flexibility index (Phi) is 6.61. The van der Waals surface area contributed by atoms with Gasteiger partial charge in [-0.25, -0.2) is 0 Å². The average molecular weight is 329 g/mol. The predicted octanol–water partition coefficient (Wildman–Crippen LogP) is 4.28. The second-order valence-corrected chi connectivity index (χ2v) is 5.49. The minimum atomic E-state index is -0.295. The van der Waals surface area contributed by atoms with Crippen LogP contribution in [0.25, 0.3) is 0 Å². The lowest BCUT2D eigenvalue weighted by molar-refractivity contribution is -0.481. The zero-order chi connectivity index (χ0) is 17.4. The molecule has 5 nitrogen and oxygen atoms in total. The average Bonchev–Trinajstić information content (AvgIpc) is 2.59. The fourth-order valence-corrected chi connectivity index (χ4v) is 2.53. The molecular formula is C19H23NO4. The number of nitrogens with zero attached hydrogens (tertiary/aromatic N) is 1. The molecular weight excluding hydrogens is 306 g/mol. The highest BCUT2D eigenvalue weighted by atomic mass is 16.6. The van der Waals surface area contributed by atoms with Crippen molar-refractivity contribution in [3.63, 3.8) is 0 Å². The van der Waals surface area contributed by atoms with E-state index in [0.717, 1.165) is 29.0 Å². The molecule has 0 saturated carbocycles. The molecule has 0 aliphatic carbocycles. The lowest BCUT2D eigenvalue weighted by Gasteiger charge is -2.15. The first kappa shape index (κ1) is 17.8. The Labute approximate surface area is 142 Å². The summed E-state index contributed by atoms with van der Waals surface area (Å²) < 4.78 is 11.0. The van der Waals surface area contributed by atoms with Gasteiger partial charge < -0.3 is 9.47 Å². The van der Waals surface area contributed by atoms with Gasteiger partial charge in [-0.15, -0.1) is 0 Å². The Morgan fingerprint density at radius 2 is 1.42 bits per heavy atom. The number of ether oxygens (including phenoxy) is 2. The van der Waals surface area contributed by atoms with Crippen LogP contribution in [0.3, 0.4) is 0 Å². The van der Waals surface area contributed by atoms with Gasteiger partial charge in [0, 0.05) is 4.92 Å². The lowest BCUT2D eigenvalue weighted by atomic mass is 9.91. The van der Waals surface area contributed by atoms with Crippen LogP contribution in [0, 0.1) is 10.1 Å². The molecule has 128 valence electrons. The van der Waals surface area contributed by atoms with Gasteiger partial charge in [0.25, 0.3) is 0 Å². The number of hydrogen-bond acceptors (Lipinski definition) is 4. The van der Waals surface area contributed by atoms with Crippen molar-refractivity contribution in [2.75, 3.05) is 19.8 Å². The third-order valence-electron chi connectivity index (χ3n) is 3.68. The zero-order valence-electron chi connectivity index (χ0n) is 14.1. The number of nitro groups is 1. The van der Waals surface area contributed by atoms with Crippen molar-refractivity contribution < 1.29 is 14.4 Å². The number of rotatable bonds is 9. The predicted molar refractivity (Wildman–Crippen MR) is 93.5 cm³/mol. The molecule has 0 aliphatic heterocycles. The maximum Gasteiger partial charge on any atom is 0.214 e. The van der Waals surface area contributed by atoms with Crippen molar-refractivity contribution in [1.82, 2.24) is 0 Å². The van der Waals surface area contributed by atoms with Crippen LogP contribution in [-0.2, 0) is 0 Å². The van der Waals surface area contributed by atoms with Crippen LogP contribution in [0.15, 0.2) is 48.5 Å². The van der Waals surface area contributed by atoms with Crippen molar-refractivity contribution in [1.29, 1.82) is 0 Å². The summed E-state index contributed by atoms with van der Waals surface area (Å²) >= 11 is 0. The molecule has 0 heterocycles. The van der Waals surface area contributed by atoms with Crippen LogP contribution < -0.4 is 9.47 Å². The molecule has 5 heteroatoms. The van der Waals surface area contributed by atoms with Crippen molar-refractivity contribution in [3.8, 4) is 11.5 Å². The fraction of sp³-hybridized carbons (Fsp3) is 0.368. The van der Waals surface area contributed by atoms with E-state index in [-0.39, 0.29) is 17.4 Å². The van der Waals surface area contributed by atoms with Gasteiger partial charge in [-0.3, -0.25) is 10.1 Å². The Hall–Kier alpha value is -2.56. The maximum absolute atomic E-state index is 11.1. The number of benzene rings is 2. The topological polar surface area (TPSA) is 61.6 Å². The summed E-state index contributed by atoms with van der Waals surface area (Å²) in [7, 11) is 0. The van der Waals surface area contributed by atoms with Gasteiger partial charge in [0.2, 0.25) is 6.54 Å². The highest BCUT2D eigenvalue weighted by molar-refractivity contribution is 5.38. The van der Waals surface area contributed by atoms with Gasteiger partial charge in [-0.05, 0) is 48.7 Å². The molecule has 0 spiro atoms. The van der Waals surface area contributed by atoms with E-state index in [2.05, 4.69) is 0 Å². The monoisotopic (exact) mass is 329 g/mol. The Morgan fingerprint density at radius 3 is 1.83 bits per heavy atom. The third kappa shape index (κ3) is 4.98. The van der Waals surface area contributed by atoms with Gasteiger partial charge in [0.15, 0.2) is 0 Å². The molecule has 1 unspecified atom stereocenters. The van der Waals surface area contributed by atoms with Crippen LogP contribution in [0.5, 0.6) is 11.5 Å². The standard InChI is InChI=1S/C19H23NO4/c1-3-13-24-18-11-7-16(8-12-18)19(14-20(21)22)15-5-9-17(10-6-15)23-4-2/h5-12,19H,3-4,13-14H2,1-2H3. The Morgan fingerprint density at radius 1 is 0.917 bits per heavy atom. The minimum Gasteiger partial charge on any atom is -0.494 e. The SMILES string of the molecule is CCCOc1ccc(C(C[N+](=O)[O-])c2ccc(OCC)cc2)cc1. The van der Waals surface area contributed by atoms with Gasteiger partial charge in [-0.1, -0.05) is 31.2 Å². The van der Waals surface area contributed by atoms with Crippen LogP contribution >= 0.6 is 0 Å². The van der Waals surface area contributed by atoms with Crippen molar-refractivity contribution >= 4 is 0 Å². The second kappa shape index (κ2) is 8.91. The summed E-state index contributed by atoms with van der Waals surface area (Å²) in [6, 6.07) is 15.0. The zero-order valence-corrected chi connectivity index (χ0v) is 14.1. The summed E-state index contributed by atoms with van der Waals surface area (Å²) in [5.41, 5.74) is 1.80.